The molecule has 2 N–H and O–H groups in total. The molecule has 5 rings (SSSR count). The smallest absolute Gasteiger partial charge is 0.414 e. The van der Waals surface area contributed by atoms with E-state index >= 15 is 4.39 Å². The average molecular weight is 550 g/mol. The Hall–Kier alpha value is -4.19. The van der Waals surface area contributed by atoms with Crippen LogP contribution in [-0.4, -0.2) is 69.3 Å². The molecule has 12 heteroatoms. The van der Waals surface area contributed by atoms with Crippen molar-refractivity contribution in [1.82, 2.24) is 24.8 Å². The fourth-order valence-corrected chi connectivity index (χ4v) is 4.69. The largest absolute Gasteiger partial charge is 0.442 e. The monoisotopic (exact) mass is 549 g/mol. The Morgan fingerprint density at radius 1 is 1.18 bits per heavy atom. The number of thioether (sulfide) groups is 1. The molecule has 0 saturated carbocycles. The molecule has 0 bridgehead atoms. The summed E-state index contributed by atoms with van der Waals surface area (Å²) < 4.78 is 22.4. The molecule has 2 aromatic heterocycles. The number of imidazole rings is 1. The van der Waals surface area contributed by atoms with Crippen molar-refractivity contribution in [2.75, 3.05) is 41.9 Å². The van der Waals surface area contributed by atoms with Crippen molar-refractivity contribution in [2.45, 2.75) is 19.6 Å². The van der Waals surface area contributed by atoms with Gasteiger partial charge >= 0.3 is 6.09 Å². The molecule has 1 saturated heterocycles. The van der Waals surface area contributed by atoms with Gasteiger partial charge in [-0.05, 0) is 35.6 Å². The summed E-state index contributed by atoms with van der Waals surface area (Å²) in [6.07, 6.45) is 4.28. The summed E-state index contributed by atoms with van der Waals surface area (Å²) in [7, 11) is 0. The van der Waals surface area contributed by atoms with Gasteiger partial charge in [0.2, 0.25) is 5.91 Å². The second-order valence-electron chi connectivity index (χ2n) is 9.10. The van der Waals surface area contributed by atoms with E-state index in [4.69, 9.17) is 4.74 Å². The maximum absolute atomic E-state index is 15.1. The number of carbonyl (C=O) groups is 2. The predicted octanol–water partition coefficient (Wildman–Crippen LogP) is 3.92. The molecule has 0 radical (unpaired) electrons. The summed E-state index contributed by atoms with van der Waals surface area (Å²) in [5.41, 5.74) is 4.01. The summed E-state index contributed by atoms with van der Waals surface area (Å²) in [5.74, 6) is 1.03. The quantitative estimate of drug-likeness (QED) is 0.286. The van der Waals surface area contributed by atoms with Gasteiger partial charge in [0.1, 0.15) is 23.8 Å². The molecule has 1 atom stereocenters. The number of hydrogen-bond acceptors (Lipinski definition) is 8. The van der Waals surface area contributed by atoms with Crippen LogP contribution in [-0.2, 0) is 16.1 Å². The predicted molar refractivity (Wildman–Crippen MR) is 149 cm³/mol. The van der Waals surface area contributed by atoms with E-state index in [1.54, 1.807) is 30.2 Å². The van der Waals surface area contributed by atoms with Crippen molar-refractivity contribution in [3.05, 3.63) is 66.5 Å². The molecule has 2 aromatic carbocycles. The van der Waals surface area contributed by atoms with Gasteiger partial charge in [0.15, 0.2) is 11.5 Å². The fourth-order valence-electron chi connectivity index (χ4n) is 4.39. The first kappa shape index (κ1) is 26.4. The highest BCUT2D eigenvalue weighted by atomic mass is 32.2. The Balaban J connectivity index is 1.27. The topological polar surface area (TPSA) is 114 Å². The maximum Gasteiger partial charge on any atom is 0.414 e. The van der Waals surface area contributed by atoms with Gasteiger partial charge < -0.3 is 19.9 Å². The minimum Gasteiger partial charge on any atom is -0.442 e. The zero-order valence-electron chi connectivity index (χ0n) is 21.6. The lowest BCUT2D eigenvalue weighted by Crippen LogP contribution is -2.33. The third-order valence-electron chi connectivity index (χ3n) is 6.33. The highest BCUT2D eigenvalue weighted by Crippen LogP contribution is 2.29. The van der Waals surface area contributed by atoms with Crippen LogP contribution < -0.4 is 15.5 Å². The lowest BCUT2D eigenvalue weighted by molar-refractivity contribution is -0.119. The third kappa shape index (κ3) is 5.95. The van der Waals surface area contributed by atoms with E-state index in [0.717, 1.165) is 29.0 Å². The first-order chi connectivity index (χ1) is 18.9. The van der Waals surface area contributed by atoms with Crippen LogP contribution in [0.2, 0.25) is 0 Å². The molecule has 202 valence electrons. The molecule has 3 heterocycles. The van der Waals surface area contributed by atoms with Crippen LogP contribution in [0.4, 0.5) is 20.7 Å². The molecule has 1 aliphatic rings. The van der Waals surface area contributed by atoms with Crippen LogP contribution >= 0.6 is 11.8 Å². The van der Waals surface area contributed by atoms with Crippen molar-refractivity contribution < 1.29 is 18.7 Å². The molecule has 2 amide bonds. The standard InChI is InChI=1S/C27H28FN7O3S/c1-17(36)30-12-21-14-35(27(37)38-21)20-7-8-22(23(28)11-20)19-5-3-18(4-6-19)13-34-16-33-24-25(29-9-10-39-2)31-15-32-26(24)34/h3-8,11,15-16,21H,9-10,12-14H2,1-2H3,(H,30,36)(H,29,31,32). The molecular formula is C27H28FN7O3S. The molecule has 0 aliphatic carbocycles. The second-order valence-corrected chi connectivity index (χ2v) is 10.1. The summed E-state index contributed by atoms with van der Waals surface area (Å²) in [6.45, 7) is 3.18. The highest BCUT2D eigenvalue weighted by Gasteiger charge is 2.32. The number of cyclic esters (lactones) is 1. The highest BCUT2D eigenvalue weighted by molar-refractivity contribution is 7.98. The Kier molecular flexibility index (Phi) is 7.92. The minimum absolute atomic E-state index is 0.207. The number of fused-ring (bicyclic) bond motifs is 1. The van der Waals surface area contributed by atoms with Gasteiger partial charge in [-0.2, -0.15) is 11.8 Å². The van der Waals surface area contributed by atoms with Gasteiger partial charge in [0, 0.05) is 24.8 Å². The van der Waals surface area contributed by atoms with E-state index in [0.29, 0.717) is 29.2 Å². The zero-order chi connectivity index (χ0) is 27.4. The first-order valence-corrected chi connectivity index (χ1v) is 13.8. The molecule has 10 nitrogen and oxygen atoms in total. The van der Waals surface area contributed by atoms with E-state index in [-0.39, 0.29) is 19.0 Å². The van der Waals surface area contributed by atoms with E-state index in [9.17, 15) is 9.59 Å². The number of nitrogens with one attached hydrogen (secondary N) is 2. The molecular weight excluding hydrogens is 521 g/mol. The molecule has 4 aromatic rings. The lowest BCUT2D eigenvalue weighted by Gasteiger charge is -2.15. The van der Waals surface area contributed by atoms with Crippen LogP contribution in [0.5, 0.6) is 0 Å². The molecule has 39 heavy (non-hydrogen) atoms. The van der Waals surface area contributed by atoms with Gasteiger partial charge in [0.25, 0.3) is 0 Å². The average Bonchev–Trinajstić information content (AvgIpc) is 3.51. The summed E-state index contributed by atoms with van der Waals surface area (Å²) in [5, 5.41) is 5.93. The number of amides is 2. The molecule has 0 spiro atoms. The summed E-state index contributed by atoms with van der Waals surface area (Å²) in [4.78, 5) is 38.0. The molecule has 1 fully saturated rings. The molecule has 1 aliphatic heterocycles. The zero-order valence-corrected chi connectivity index (χ0v) is 22.4. The van der Waals surface area contributed by atoms with Crippen LogP contribution in [0.15, 0.2) is 55.1 Å². The number of rotatable bonds is 10. The molecule has 1 unspecified atom stereocenters. The van der Waals surface area contributed by atoms with Crippen molar-refractivity contribution >= 4 is 46.4 Å². The number of benzene rings is 2. The fraction of sp³-hybridized carbons (Fsp3) is 0.296. The van der Waals surface area contributed by atoms with Gasteiger partial charge in [-0.25, -0.2) is 24.1 Å². The van der Waals surface area contributed by atoms with E-state index in [1.807, 2.05) is 28.8 Å². The normalized spacial score (nSPS) is 15.0. The van der Waals surface area contributed by atoms with Crippen LogP contribution in [0.3, 0.4) is 0 Å². The Labute approximate surface area is 229 Å². The minimum atomic E-state index is -0.568. The number of halogens is 1. The first-order valence-electron chi connectivity index (χ1n) is 12.4. The van der Waals surface area contributed by atoms with Gasteiger partial charge in [0.05, 0.1) is 31.6 Å². The van der Waals surface area contributed by atoms with E-state index in [2.05, 4.69) is 31.8 Å². The summed E-state index contributed by atoms with van der Waals surface area (Å²) in [6, 6.07) is 12.3. The van der Waals surface area contributed by atoms with Crippen LogP contribution in [0.25, 0.3) is 22.3 Å². The third-order valence-corrected chi connectivity index (χ3v) is 6.95. The van der Waals surface area contributed by atoms with Crippen molar-refractivity contribution in [2.24, 2.45) is 0 Å². The van der Waals surface area contributed by atoms with E-state index < -0.39 is 18.0 Å². The SMILES string of the molecule is CSCCNc1ncnc2c1ncn2Cc1ccc(-c2ccc(N3CC(CNC(C)=O)OC3=O)cc2F)cc1. The van der Waals surface area contributed by atoms with Gasteiger partial charge in [-0.3, -0.25) is 9.69 Å². The maximum atomic E-state index is 15.1. The summed E-state index contributed by atoms with van der Waals surface area (Å²) >= 11 is 1.76. The Morgan fingerprint density at radius 2 is 2.00 bits per heavy atom. The van der Waals surface area contributed by atoms with Crippen molar-refractivity contribution in [3.63, 3.8) is 0 Å². The number of aromatic nitrogens is 4. The number of anilines is 2. The number of carbonyl (C=O) groups excluding carboxylic acids is 2. The van der Waals surface area contributed by atoms with Crippen molar-refractivity contribution in [1.29, 1.82) is 0 Å². The van der Waals surface area contributed by atoms with Crippen molar-refractivity contribution in [3.8, 4) is 11.1 Å². The number of nitrogens with zero attached hydrogens (tertiary/aromatic N) is 5. The Morgan fingerprint density at radius 3 is 2.74 bits per heavy atom. The lowest BCUT2D eigenvalue weighted by atomic mass is 10.0. The van der Waals surface area contributed by atoms with E-state index in [1.165, 1.54) is 24.2 Å². The van der Waals surface area contributed by atoms with Crippen LogP contribution in [0, 0.1) is 5.82 Å². The van der Waals surface area contributed by atoms with Crippen LogP contribution in [0.1, 0.15) is 12.5 Å². The number of ether oxygens (including phenoxy) is 1. The second kappa shape index (κ2) is 11.7. The Bertz CT molecular complexity index is 1490. The van der Waals surface area contributed by atoms with Gasteiger partial charge in [-0.15, -0.1) is 0 Å². The van der Waals surface area contributed by atoms with Gasteiger partial charge in [-0.1, -0.05) is 24.3 Å². The number of hydrogen-bond donors (Lipinski definition) is 2.